The molecule has 6 aliphatic rings. The van der Waals surface area contributed by atoms with E-state index in [1.165, 1.54) is 6.07 Å². The molecule has 2 N–H and O–H groups in total. The second-order valence-electron chi connectivity index (χ2n) is 16.0. The number of halogens is 3. The number of hydrogen-bond acceptors (Lipinski definition) is 10. The first kappa shape index (κ1) is 33.6. The first-order chi connectivity index (χ1) is 25.8. The summed E-state index contributed by atoms with van der Waals surface area (Å²) in [6, 6.07) is 8.77. The maximum absolute atomic E-state index is 17.4. The highest BCUT2D eigenvalue weighted by Crippen LogP contribution is 2.49. The van der Waals surface area contributed by atoms with Crippen molar-refractivity contribution in [3.63, 3.8) is 0 Å². The van der Waals surface area contributed by atoms with Crippen LogP contribution in [0.25, 0.3) is 32.8 Å². The van der Waals surface area contributed by atoms with Crippen molar-refractivity contribution in [2.45, 2.75) is 68.9 Å². The number of nitrogens with zero attached hydrogens (tertiary/aromatic N) is 5. The number of morpholine rings is 1. The highest BCUT2D eigenvalue weighted by atomic mass is 19.1. The number of aromatic hydroxyl groups is 1. The molecule has 53 heavy (non-hydrogen) atoms. The highest BCUT2D eigenvalue weighted by molar-refractivity contribution is 6.05. The minimum atomic E-state index is -0.963. The van der Waals surface area contributed by atoms with Crippen LogP contribution in [0.1, 0.15) is 38.2 Å². The van der Waals surface area contributed by atoms with Crippen LogP contribution in [-0.4, -0.2) is 120 Å². The Labute approximate surface area is 306 Å². The molecule has 0 aliphatic carbocycles. The molecule has 1 aromatic heterocycles. The fraction of sp³-hybridized carbons (Fsp3) is 0.550. The Morgan fingerprint density at radius 1 is 1.04 bits per heavy atom. The Bertz CT molecular complexity index is 2100. The van der Waals surface area contributed by atoms with Crippen LogP contribution in [-0.2, 0) is 11.2 Å². The van der Waals surface area contributed by atoms with E-state index in [0.717, 1.165) is 64.2 Å². The zero-order valence-corrected chi connectivity index (χ0v) is 29.9. The average molecular weight is 731 g/mol. The Morgan fingerprint density at radius 2 is 1.91 bits per heavy atom. The normalized spacial score (nSPS) is 29.7. The van der Waals surface area contributed by atoms with Gasteiger partial charge in [0.15, 0.2) is 17.4 Å². The maximum atomic E-state index is 17.4. The number of alkyl halides is 1. The van der Waals surface area contributed by atoms with E-state index < -0.39 is 23.3 Å². The van der Waals surface area contributed by atoms with Gasteiger partial charge in [0.05, 0.1) is 35.7 Å². The van der Waals surface area contributed by atoms with Crippen molar-refractivity contribution in [2.24, 2.45) is 5.92 Å². The third kappa shape index (κ3) is 5.52. The number of nitrogens with one attached hydrogen (secondary N) is 1. The molecule has 2 unspecified atom stereocenters. The molecular weight excluding hydrogens is 685 g/mol. The predicted molar refractivity (Wildman–Crippen MR) is 195 cm³/mol. The lowest BCUT2D eigenvalue weighted by molar-refractivity contribution is 0.0308. The zero-order chi connectivity index (χ0) is 36.0. The van der Waals surface area contributed by atoms with Gasteiger partial charge in [0.1, 0.15) is 36.5 Å². The van der Waals surface area contributed by atoms with E-state index in [-0.39, 0.29) is 70.9 Å². The van der Waals surface area contributed by atoms with Gasteiger partial charge < -0.3 is 29.5 Å². The number of hydrogen-bond donors (Lipinski definition) is 2. The molecular formula is C40H45F3N6O4. The summed E-state index contributed by atoms with van der Waals surface area (Å²) < 4.78 is 68.0. The van der Waals surface area contributed by atoms with Crippen molar-refractivity contribution in [1.82, 2.24) is 25.1 Å². The molecule has 0 radical (unpaired) electrons. The van der Waals surface area contributed by atoms with E-state index in [1.54, 1.807) is 6.07 Å². The molecule has 4 aromatic rings. The third-order valence-corrected chi connectivity index (χ3v) is 12.8. The van der Waals surface area contributed by atoms with Gasteiger partial charge in [0.25, 0.3) is 0 Å². The van der Waals surface area contributed by atoms with Crippen molar-refractivity contribution < 1.29 is 32.5 Å². The highest BCUT2D eigenvalue weighted by Gasteiger charge is 2.53. The van der Waals surface area contributed by atoms with Crippen LogP contribution in [0.5, 0.6) is 17.5 Å². The molecule has 5 saturated heterocycles. The summed E-state index contributed by atoms with van der Waals surface area (Å²) >= 11 is 0. The summed E-state index contributed by atoms with van der Waals surface area (Å²) in [5.41, 5.74) is 0.175. The number of phenols is 1. The molecule has 0 saturated carbocycles. The number of benzene rings is 3. The SMILES string of the molecule is CCc1cccc2cc(O)cc(-c3c(F)c4c5c(nc(OC[C@]67C[C@@H](F)CN6C[C@@H](CN6CCOCC6)C7)nc5c3F)N3CC5CCC(N5)[C@@H]3CO4)c12. The summed E-state index contributed by atoms with van der Waals surface area (Å²) in [7, 11) is 0. The van der Waals surface area contributed by atoms with E-state index in [0.29, 0.717) is 48.4 Å². The quantitative estimate of drug-likeness (QED) is 0.264. The molecule has 13 heteroatoms. The van der Waals surface area contributed by atoms with Crippen LogP contribution in [0, 0.1) is 17.6 Å². The summed E-state index contributed by atoms with van der Waals surface area (Å²) in [5, 5.41) is 16.0. The fourth-order valence-corrected chi connectivity index (χ4v) is 10.5. The number of phenolic OH excluding ortho intramolecular Hbond substituents is 1. The molecule has 2 bridgehead atoms. The van der Waals surface area contributed by atoms with Gasteiger partial charge in [0.2, 0.25) is 0 Å². The second kappa shape index (κ2) is 12.9. The summed E-state index contributed by atoms with van der Waals surface area (Å²) in [6.07, 6.45) is 2.72. The van der Waals surface area contributed by atoms with Gasteiger partial charge in [-0.25, -0.2) is 13.2 Å². The third-order valence-electron chi connectivity index (χ3n) is 12.8. The van der Waals surface area contributed by atoms with Gasteiger partial charge in [-0.2, -0.15) is 9.97 Å². The van der Waals surface area contributed by atoms with Gasteiger partial charge >= 0.3 is 6.01 Å². The van der Waals surface area contributed by atoms with E-state index in [4.69, 9.17) is 24.2 Å². The standard InChI is InChI=1S/C40H45F3N6O4/c1-2-23-4-3-5-24-12-27(50)13-28(31(23)24)32-34(42)36-33-37(35(32)43)52-20-30-29-7-6-26(44-29)19-49(30)38(33)46-39(45-36)53-21-40-14-22(16-47-8-10-51-11-9-47)17-48(40)18-25(41)15-40/h3-5,12-13,22,25-26,29-30,44,50H,2,6-11,14-21H2,1H3/t22-,25-,26?,29?,30+,40+/m1/s1. The van der Waals surface area contributed by atoms with Gasteiger partial charge in [-0.3, -0.25) is 9.80 Å². The van der Waals surface area contributed by atoms with Crippen molar-refractivity contribution >= 4 is 27.5 Å². The first-order valence-electron chi connectivity index (χ1n) is 19.2. The van der Waals surface area contributed by atoms with Crippen LogP contribution < -0.4 is 19.7 Å². The smallest absolute Gasteiger partial charge is 0.319 e. The molecule has 6 aliphatic heterocycles. The van der Waals surface area contributed by atoms with Crippen molar-refractivity contribution in [3.8, 4) is 28.6 Å². The van der Waals surface area contributed by atoms with Crippen LogP contribution in [0.15, 0.2) is 30.3 Å². The molecule has 280 valence electrons. The number of piperazine rings is 1. The maximum Gasteiger partial charge on any atom is 0.319 e. The van der Waals surface area contributed by atoms with E-state index in [9.17, 15) is 5.11 Å². The molecule has 10 nitrogen and oxygen atoms in total. The van der Waals surface area contributed by atoms with E-state index in [2.05, 4.69) is 20.0 Å². The van der Waals surface area contributed by atoms with Gasteiger partial charge in [-0.05, 0) is 65.6 Å². The minimum Gasteiger partial charge on any atom is -0.508 e. The molecule has 3 aromatic carbocycles. The fourth-order valence-electron chi connectivity index (χ4n) is 10.5. The van der Waals surface area contributed by atoms with Crippen LogP contribution >= 0.6 is 0 Å². The van der Waals surface area contributed by atoms with Crippen LogP contribution in [0.4, 0.5) is 19.0 Å². The average Bonchev–Trinajstić information content (AvgIpc) is 3.75. The second-order valence-corrected chi connectivity index (χ2v) is 16.0. The summed E-state index contributed by atoms with van der Waals surface area (Å²) in [4.78, 5) is 16.4. The van der Waals surface area contributed by atoms with Gasteiger partial charge in [-0.1, -0.05) is 25.1 Å². The number of aryl methyl sites for hydroxylation is 1. The number of ether oxygens (including phenoxy) is 3. The Kier molecular flexibility index (Phi) is 8.16. The van der Waals surface area contributed by atoms with E-state index >= 15 is 13.2 Å². The molecule has 0 spiro atoms. The summed E-state index contributed by atoms with van der Waals surface area (Å²) in [5.74, 6) is -1.18. The Balaban J connectivity index is 1.09. The van der Waals surface area contributed by atoms with Crippen molar-refractivity contribution in [3.05, 3.63) is 47.5 Å². The van der Waals surface area contributed by atoms with Crippen molar-refractivity contribution in [1.29, 1.82) is 0 Å². The Morgan fingerprint density at radius 3 is 2.75 bits per heavy atom. The molecule has 6 atom stereocenters. The predicted octanol–water partition coefficient (Wildman–Crippen LogP) is 5.21. The number of rotatable bonds is 7. The largest absolute Gasteiger partial charge is 0.508 e. The monoisotopic (exact) mass is 730 g/mol. The number of aromatic nitrogens is 2. The molecule has 5 fully saturated rings. The van der Waals surface area contributed by atoms with Gasteiger partial charge in [-0.15, -0.1) is 0 Å². The zero-order valence-electron chi connectivity index (χ0n) is 29.9. The van der Waals surface area contributed by atoms with E-state index in [1.807, 2.05) is 25.1 Å². The Hall–Kier alpha value is -3.91. The lowest BCUT2D eigenvalue weighted by atomic mass is 9.90. The van der Waals surface area contributed by atoms with Crippen molar-refractivity contribution in [2.75, 3.05) is 70.6 Å². The minimum absolute atomic E-state index is 0.0234. The first-order valence-corrected chi connectivity index (χ1v) is 19.2. The topological polar surface area (TPSA) is 95.5 Å². The lowest BCUT2D eigenvalue weighted by Gasteiger charge is -2.40. The molecule has 10 rings (SSSR count). The number of anilines is 1. The van der Waals surface area contributed by atoms with Gasteiger partial charge in [0, 0.05) is 57.8 Å². The molecule has 7 heterocycles. The summed E-state index contributed by atoms with van der Waals surface area (Å²) in [6.45, 7) is 8.23. The molecule has 0 amide bonds. The van der Waals surface area contributed by atoms with Crippen LogP contribution in [0.2, 0.25) is 0 Å². The van der Waals surface area contributed by atoms with Crippen LogP contribution in [0.3, 0.4) is 0 Å². The lowest BCUT2D eigenvalue weighted by Crippen LogP contribution is -2.60. The number of fused-ring (bicyclic) bond motifs is 7.